The molecule has 2 aromatic rings. The van der Waals surface area contributed by atoms with Gasteiger partial charge in [-0.1, -0.05) is 48.8 Å². The average Bonchev–Trinajstić information content (AvgIpc) is 2.69. The molecule has 18 heavy (non-hydrogen) atoms. The van der Waals surface area contributed by atoms with Crippen LogP contribution in [-0.2, 0) is 6.54 Å². The van der Waals surface area contributed by atoms with Crippen molar-refractivity contribution in [1.82, 2.24) is 10.5 Å². The lowest BCUT2D eigenvalue weighted by Gasteiger charge is -2.05. The number of nitrogens with one attached hydrogen (secondary N) is 1. The molecule has 0 aliphatic carbocycles. The van der Waals surface area contributed by atoms with Crippen LogP contribution in [0.25, 0.3) is 11.3 Å². The minimum absolute atomic E-state index is 0.448. The smallest absolute Gasteiger partial charge is 0.170 e. The molecule has 0 saturated carbocycles. The lowest BCUT2D eigenvalue weighted by Crippen LogP contribution is -2.22. The molecular formula is C15H20N2O. The van der Waals surface area contributed by atoms with Crippen LogP contribution < -0.4 is 5.32 Å². The minimum Gasteiger partial charge on any atom is -0.356 e. The summed E-state index contributed by atoms with van der Waals surface area (Å²) < 4.78 is 5.46. The van der Waals surface area contributed by atoms with Crippen molar-refractivity contribution < 1.29 is 4.52 Å². The van der Waals surface area contributed by atoms with Crippen molar-refractivity contribution in [1.29, 1.82) is 0 Å². The predicted molar refractivity (Wildman–Crippen MR) is 73.4 cm³/mol. The molecular weight excluding hydrogens is 224 g/mol. The zero-order valence-electron chi connectivity index (χ0n) is 11.4. The highest BCUT2D eigenvalue weighted by Crippen LogP contribution is 2.25. The van der Waals surface area contributed by atoms with Gasteiger partial charge in [-0.2, -0.15) is 0 Å². The Balaban J connectivity index is 2.22. The van der Waals surface area contributed by atoms with Gasteiger partial charge in [0, 0.05) is 23.7 Å². The molecule has 3 nitrogen and oxygen atoms in total. The summed E-state index contributed by atoms with van der Waals surface area (Å²) in [5.74, 6) is 0.871. The van der Waals surface area contributed by atoms with Crippen LogP contribution in [0.1, 0.15) is 30.7 Å². The Kier molecular flexibility index (Phi) is 3.82. The Labute approximate surface area is 108 Å². The van der Waals surface area contributed by atoms with Crippen LogP contribution in [0.3, 0.4) is 0 Å². The highest BCUT2D eigenvalue weighted by atomic mass is 16.5. The zero-order chi connectivity index (χ0) is 13.1. The van der Waals surface area contributed by atoms with Crippen molar-refractivity contribution in [3.63, 3.8) is 0 Å². The molecule has 96 valence electrons. The van der Waals surface area contributed by atoms with E-state index in [0.29, 0.717) is 6.04 Å². The Morgan fingerprint density at radius 2 is 1.83 bits per heavy atom. The Hall–Kier alpha value is -1.61. The SMILES string of the molecule is Cc1ccc(-c2onc(CNC(C)C)c2C)cc1. The Morgan fingerprint density at radius 1 is 1.17 bits per heavy atom. The summed E-state index contributed by atoms with van der Waals surface area (Å²) in [7, 11) is 0. The number of aromatic nitrogens is 1. The van der Waals surface area contributed by atoms with Gasteiger partial charge in [-0.05, 0) is 13.8 Å². The van der Waals surface area contributed by atoms with Crippen LogP contribution in [0, 0.1) is 13.8 Å². The molecule has 0 aliphatic rings. The number of rotatable bonds is 4. The Morgan fingerprint density at radius 3 is 2.44 bits per heavy atom. The predicted octanol–water partition coefficient (Wildman–Crippen LogP) is 3.46. The van der Waals surface area contributed by atoms with E-state index in [1.54, 1.807) is 0 Å². The highest BCUT2D eigenvalue weighted by molar-refractivity contribution is 5.61. The first kappa shape index (κ1) is 12.8. The fraction of sp³-hybridized carbons (Fsp3) is 0.400. The number of nitrogens with zero attached hydrogens (tertiary/aromatic N) is 1. The molecule has 0 atom stereocenters. The zero-order valence-corrected chi connectivity index (χ0v) is 11.4. The molecule has 0 amide bonds. The van der Waals surface area contributed by atoms with Crippen molar-refractivity contribution >= 4 is 0 Å². The van der Waals surface area contributed by atoms with Crippen LogP contribution in [0.15, 0.2) is 28.8 Å². The molecule has 3 heteroatoms. The fourth-order valence-electron chi connectivity index (χ4n) is 1.81. The molecule has 0 aliphatic heterocycles. The van der Waals surface area contributed by atoms with Crippen LogP contribution in [0.5, 0.6) is 0 Å². The van der Waals surface area contributed by atoms with Gasteiger partial charge in [0.15, 0.2) is 5.76 Å². The van der Waals surface area contributed by atoms with E-state index in [4.69, 9.17) is 4.52 Å². The van der Waals surface area contributed by atoms with Gasteiger partial charge in [0.25, 0.3) is 0 Å². The van der Waals surface area contributed by atoms with Gasteiger partial charge in [-0.15, -0.1) is 0 Å². The summed E-state index contributed by atoms with van der Waals surface area (Å²) in [4.78, 5) is 0. The third-order valence-electron chi connectivity index (χ3n) is 3.01. The van der Waals surface area contributed by atoms with Crippen molar-refractivity contribution in [2.45, 2.75) is 40.3 Å². The van der Waals surface area contributed by atoms with E-state index < -0.39 is 0 Å². The monoisotopic (exact) mass is 244 g/mol. The molecule has 0 bridgehead atoms. The van der Waals surface area contributed by atoms with Crippen LogP contribution in [0.2, 0.25) is 0 Å². The van der Waals surface area contributed by atoms with Crippen LogP contribution in [-0.4, -0.2) is 11.2 Å². The van der Waals surface area contributed by atoms with Crippen molar-refractivity contribution in [3.8, 4) is 11.3 Å². The van der Waals surface area contributed by atoms with Gasteiger partial charge in [-0.25, -0.2) is 0 Å². The largest absolute Gasteiger partial charge is 0.356 e. The second-order valence-corrected chi connectivity index (χ2v) is 4.99. The summed E-state index contributed by atoms with van der Waals surface area (Å²) in [6.45, 7) is 9.13. The molecule has 0 saturated heterocycles. The van der Waals surface area contributed by atoms with Gasteiger partial charge in [0.2, 0.25) is 0 Å². The highest BCUT2D eigenvalue weighted by Gasteiger charge is 2.13. The maximum Gasteiger partial charge on any atom is 0.170 e. The van der Waals surface area contributed by atoms with Crippen LogP contribution in [0.4, 0.5) is 0 Å². The minimum atomic E-state index is 0.448. The number of benzene rings is 1. The van der Waals surface area contributed by atoms with Crippen molar-refractivity contribution in [2.75, 3.05) is 0 Å². The lowest BCUT2D eigenvalue weighted by atomic mass is 10.1. The number of aryl methyl sites for hydroxylation is 1. The topological polar surface area (TPSA) is 38.1 Å². The standard InChI is InChI=1S/C15H20N2O/c1-10(2)16-9-14-12(4)15(18-17-14)13-7-5-11(3)6-8-13/h5-8,10,16H,9H2,1-4H3. The first-order valence-corrected chi connectivity index (χ1v) is 6.33. The molecule has 1 aromatic carbocycles. The molecule has 1 heterocycles. The van der Waals surface area contributed by atoms with E-state index >= 15 is 0 Å². The van der Waals surface area contributed by atoms with Gasteiger partial charge < -0.3 is 9.84 Å². The van der Waals surface area contributed by atoms with Gasteiger partial charge in [0.1, 0.15) is 5.69 Å². The molecule has 1 aromatic heterocycles. The number of hydrogen-bond acceptors (Lipinski definition) is 3. The quantitative estimate of drug-likeness (QED) is 0.895. The molecule has 0 fully saturated rings. The van der Waals surface area contributed by atoms with E-state index in [-0.39, 0.29) is 0 Å². The summed E-state index contributed by atoms with van der Waals surface area (Å²) >= 11 is 0. The summed E-state index contributed by atoms with van der Waals surface area (Å²) in [6.07, 6.45) is 0. The first-order chi connectivity index (χ1) is 8.58. The second kappa shape index (κ2) is 5.36. The van der Waals surface area contributed by atoms with E-state index in [1.165, 1.54) is 5.56 Å². The van der Waals surface area contributed by atoms with Crippen LogP contribution >= 0.6 is 0 Å². The molecule has 0 unspecified atom stereocenters. The van der Waals surface area contributed by atoms with Crippen molar-refractivity contribution in [3.05, 3.63) is 41.1 Å². The third-order valence-corrected chi connectivity index (χ3v) is 3.01. The molecule has 0 radical (unpaired) electrons. The third kappa shape index (κ3) is 2.79. The first-order valence-electron chi connectivity index (χ1n) is 6.33. The molecule has 2 rings (SSSR count). The lowest BCUT2D eigenvalue weighted by molar-refractivity contribution is 0.417. The average molecular weight is 244 g/mol. The number of hydrogen-bond donors (Lipinski definition) is 1. The van der Waals surface area contributed by atoms with E-state index in [1.807, 2.05) is 0 Å². The molecule has 0 spiro atoms. The fourth-order valence-corrected chi connectivity index (χ4v) is 1.81. The summed E-state index contributed by atoms with van der Waals surface area (Å²) in [5.41, 5.74) is 4.44. The maximum absolute atomic E-state index is 5.46. The normalized spacial score (nSPS) is 11.2. The summed E-state index contributed by atoms with van der Waals surface area (Å²) in [5, 5.41) is 7.50. The van der Waals surface area contributed by atoms with E-state index in [9.17, 15) is 0 Å². The Bertz CT molecular complexity index is 512. The van der Waals surface area contributed by atoms with E-state index in [2.05, 4.69) is 62.4 Å². The van der Waals surface area contributed by atoms with Gasteiger partial charge in [0.05, 0.1) is 0 Å². The van der Waals surface area contributed by atoms with E-state index in [0.717, 1.165) is 29.1 Å². The van der Waals surface area contributed by atoms with Gasteiger partial charge in [-0.3, -0.25) is 0 Å². The molecule has 1 N–H and O–H groups in total. The maximum atomic E-state index is 5.46. The summed E-state index contributed by atoms with van der Waals surface area (Å²) in [6, 6.07) is 8.77. The second-order valence-electron chi connectivity index (χ2n) is 4.99. The van der Waals surface area contributed by atoms with Crippen molar-refractivity contribution in [2.24, 2.45) is 0 Å². The van der Waals surface area contributed by atoms with Gasteiger partial charge >= 0.3 is 0 Å².